The predicted octanol–water partition coefficient (Wildman–Crippen LogP) is 3.07. The number of fused-ring (bicyclic) bond motifs is 3. The Balaban J connectivity index is 2.17. The molecule has 1 atom stereocenters. The zero-order chi connectivity index (χ0) is 11.1. The summed E-state index contributed by atoms with van der Waals surface area (Å²) in [6, 6.07) is 7.23. The fourth-order valence-electron chi connectivity index (χ4n) is 2.86. The average molecular weight is 214 g/mol. The third-order valence-electron chi connectivity index (χ3n) is 3.56. The molecule has 1 aromatic carbocycles. The van der Waals surface area contributed by atoms with Gasteiger partial charge in [0, 0.05) is 22.6 Å². The van der Waals surface area contributed by atoms with Gasteiger partial charge in [0.1, 0.15) is 0 Å². The van der Waals surface area contributed by atoms with E-state index in [4.69, 9.17) is 0 Å². The molecule has 0 radical (unpaired) electrons. The lowest BCUT2D eigenvalue weighted by Crippen LogP contribution is -2.18. The van der Waals surface area contributed by atoms with Crippen LogP contribution in [-0.2, 0) is 6.42 Å². The molecule has 2 N–H and O–H groups in total. The molecule has 3 rings (SSSR count). The summed E-state index contributed by atoms with van der Waals surface area (Å²) in [4.78, 5) is 3.55. The molecule has 1 aromatic heterocycles. The summed E-state index contributed by atoms with van der Waals surface area (Å²) in [6.07, 6.45) is 2.42. The van der Waals surface area contributed by atoms with Crippen molar-refractivity contribution < 1.29 is 0 Å². The lowest BCUT2D eigenvalue weighted by molar-refractivity contribution is 0.551. The quantitative estimate of drug-likeness (QED) is 0.790. The molecule has 2 aromatic rings. The lowest BCUT2D eigenvalue weighted by atomic mass is 10.1. The summed E-state index contributed by atoms with van der Waals surface area (Å²) < 4.78 is 0. The van der Waals surface area contributed by atoms with Crippen LogP contribution in [0.4, 0.5) is 0 Å². The highest BCUT2D eigenvalue weighted by Gasteiger charge is 2.25. The number of hydrogen-bond acceptors (Lipinski definition) is 1. The van der Waals surface area contributed by atoms with E-state index in [1.165, 1.54) is 40.6 Å². The topological polar surface area (TPSA) is 27.8 Å². The molecule has 1 heterocycles. The van der Waals surface area contributed by atoms with Crippen molar-refractivity contribution >= 4 is 10.9 Å². The van der Waals surface area contributed by atoms with Crippen LogP contribution in [0.5, 0.6) is 0 Å². The minimum absolute atomic E-state index is 0.551. The first kappa shape index (κ1) is 9.91. The van der Waals surface area contributed by atoms with E-state index in [9.17, 15) is 0 Å². The van der Waals surface area contributed by atoms with Crippen LogP contribution in [0.2, 0.25) is 0 Å². The van der Waals surface area contributed by atoms with Gasteiger partial charge >= 0.3 is 0 Å². The van der Waals surface area contributed by atoms with Gasteiger partial charge in [0.2, 0.25) is 0 Å². The standard InChI is InChI=1S/C14H18N2/c1-3-15-12-6-7-13-14(12)10-8-9(2)4-5-11(10)16-13/h4-5,8,12,15-16H,3,6-7H2,1-2H3. The number of aromatic amines is 1. The highest BCUT2D eigenvalue weighted by molar-refractivity contribution is 5.86. The molecule has 84 valence electrons. The average Bonchev–Trinajstić information content (AvgIpc) is 2.79. The summed E-state index contributed by atoms with van der Waals surface area (Å²) in [5.41, 5.74) is 5.58. The summed E-state index contributed by atoms with van der Waals surface area (Å²) in [6.45, 7) is 5.39. The summed E-state index contributed by atoms with van der Waals surface area (Å²) in [5.74, 6) is 0. The van der Waals surface area contributed by atoms with Crippen molar-refractivity contribution in [2.24, 2.45) is 0 Å². The number of rotatable bonds is 2. The molecule has 1 aliphatic carbocycles. The van der Waals surface area contributed by atoms with Crippen LogP contribution < -0.4 is 5.32 Å². The lowest BCUT2D eigenvalue weighted by Gasteiger charge is -2.11. The van der Waals surface area contributed by atoms with E-state index in [1.54, 1.807) is 0 Å². The van der Waals surface area contributed by atoms with Crippen molar-refractivity contribution in [2.45, 2.75) is 32.7 Å². The highest BCUT2D eigenvalue weighted by atomic mass is 14.9. The number of benzene rings is 1. The second kappa shape index (κ2) is 3.63. The van der Waals surface area contributed by atoms with Gasteiger partial charge < -0.3 is 10.3 Å². The highest BCUT2D eigenvalue weighted by Crippen LogP contribution is 2.37. The molecule has 0 fully saturated rings. The van der Waals surface area contributed by atoms with E-state index < -0.39 is 0 Å². The monoisotopic (exact) mass is 214 g/mol. The van der Waals surface area contributed by atoms with Crippen LogP contribution in [0.25, 0.3) is 10.9 Å². The molecule has 0 saturated heterocycles. The van der Waals surface area contributed by atoms with Crippen LogP contribution in [-0.4, -0.2) is 11.5 Å². The summed E-state index contributed by atoms with van der Waals surface area (Å²) >= 11 is 0. The van der Waals surface area contributed by atoms with Gasteiger partial charge in [-0.3, -0.25) is 0 Å². The van der Waals surface area contributed by atoms with Crippen molar-refractivity contribution in [1.29, 1.82) is 0 Å². The Morgan fingerprint density at radius 1 is 1.44 bits per heavy atom. The van der Waals surface area contributed by atoms with Gasteiger partial charge in [-0.15, -0.1) is 0 Å². The molecule has 0 spiro atoms. The third kappa shape index (κ3) is 1.37. The Hall–Kier alpha value is -1.28. The zero-order valence-electron chi connectivity index (χ0n) is 9.93. The van der Waals surface area contributed by atoms with Crippen LogP contribution in [0, 0.1) is 6.92 Å². The molecule has 0 amide bonds. The Morgan fingerprint density at radius 2 is 2.31 bits per heavy atom. The molecule has 1 unspecified atom stereocenters. The summed E-state index contributed by atoms with van der Waals surface area (Å²) in [5, 5.41) is 4.99. The van der Waals surface area contributed by atoms with Gasteiger partial charge in [-0.1, -0.05) is 18.6 Å². The van der Waals surface area contributed by atoms with Crippen molar-refractivity contribution in [3.05, 3.63) is 35.0 Å². The van der Waals surface area contributed by atoms with E-state index in [1.807, 2.05) is 0 Å². The van der Waals surface area contributed by atoms with Gasteiger partial charge in [-0.2, -0.15) is 0 Å². The maximum atomic E-state index is 3.58. The number of aryl methyl sites for hydroxylation is 2. The van der Waals surface area contributed by atoms with Crippen LogP contribution in [0.15, 0.2) is 18.2 Å². The van der Waals surface area contributed by atoms with Gasteiger partial charge in [0.05, 0.1) is 0 Å². The second-order valence-corrected chi connectivity index (χ2v) is 4.72. The first-order valence-corrected chi connectivity index (χ1v) is 6.14. The van der Waals surface area contributed by atoms with Crippen LogP contribution in [0.3, 0.4) is 0 Å². The number of aromatic nitrogens is 1. The van der Waals surface area contributed by atoms with E-state index in [0.717, 1.165) is 6.54 Å². The molecule has 16 heavy (non-hydrogen) atoms. The van der Waals surface area contributed by atoms with Crippen LogP contribution in [0.1, 0.15) is 36.2 Å². The zero-order valence-corrected chi connectivity index (χ0v) is 9.93. The SMILES string of the molecule is CCNC1CCc2[nH]c3ccc(C)cc3c21. The molecule has 0 saturated carbocycles. The van der Waals surface area contributed by atoms with E-state index >= 15 is 0 Å². The molecular weight excluding hydrogens is 196 g/mol. The maximum absolute atomic E-state index is 3.58. The Bertz CT molecular complexity index is 525. The fraction of sp³-hybridized carbons (Fsp3) is 0.429. The van der Waals surface area contributed by atoms with Crippen LogP contribution >= 0.6 is 0 Å². The van der Waals surface area contributed by atoms with Crippen molar-refractivity contribution in [2.75, 3.05) is 6.54 Å². The molecule has 0 bridgehead atoms. The molecular formula is C14H18N2. The van der Waals surface area contributed by atoms with Crippen molar-refractivity contribution in [3.8, 4) is 0 Å². The first-order chi connectivity index (χ1) is 7.79. The smallest absolute Gasteiger partial charge is 0.0459 e. The molecule has 2 heteroatoms. The number of nitrogens with one attached hydrogen (secondary N) is 2. The van der Waals surface area contributed by atoms with Gasteiger partial charge in [0.25, 0.3) is 0 Å². The van der Waals surface area contributed by atoms with Crippen molar-refractivity contribution in [1.82, 2.24) is 10.3 Å². The number of hydrogen-bond donors (Lipinski definition) is 2. The van der Waals surface area contributed by atoms with E-state index in [2.05, 4.69) is 42.3 Å². The summed E-state index contributed by atoms with van der Waals surface area (Å²) in [7, 11) is 0. The fourth-order valence-corrected chi connectivity index (χ4v) is 2.86. The van der Waals surface area contributed by atoms with Gasteiger partial charge in [-0.05, 0) is 44.0 Å². The normalized spacial score (nSPS) is 19.2. The molecule has 1 aliphatic rings. The Morgan fingerprint density at radius 3 is 3.12 bits per heavy atom. The van der Waals surface area contributed by atoms with E-state index in [0.29, 0.717) is 6.04 Å². The van der Waals surface area contributed by atoms with Gasteiger partial charge in [0.15, 0.2) is 0 Å². The minimum Gasteiger partial charge on any atom is -0.358 e. The minimum atomic E-state index is 0.551. The second-order valence-electron chi connectivity index (χ2n) is 4.72. The van der Waals surface area contributed by atoms with E-state index in [-0.39, 0.29) is 0 Å². The predicted molar refractivity (Wildman–Crippen MR) is 67.8 cm³/mol. The third-order valence-corrected chi connectivity index (χ3v) is 3.56. The number of H-pyrrole nitrogens is 1. The first-order valence-electron chi connectivity index (χ1n) is 6.14. The molecule has 2 nitrogen and oxygen atoms in total. The Kier molecular flexibility index (Phi) is 2.25. The van der Waals surface area contributed by atoms with Gasteiger partial charge in [-0.25, -0.2) is 0 Å². The largest absolute Gasteiger partial charge is 0.358 e. The Labute approximate surface area is 96.1 Å². The van der Waals surface area contributed by atoms with Crippen molar-refractivity contribution in [3.63, 3.8) is 0 Å². The molecule has 0 aliphatic heterocycles. The maximum Gasteiger partial charge on any atom is 0.0459 e.